The number of hydrogen-bond acceptors (Lipinski definition) is 5. The van der Waals surface area contributed by atoms with E-state index in [0.29, 0.717) is 36.4 Å². The van der Waals surface area contributed by atoms with Gasteiger partial charge in [-0.25, -0.2) is 9.59 Å². The van der Waals surface area contributed by atoms with E-state index >= 15 is 0 Å². The zero-order valence-corrected chi connectivity index (χ0v) is 13.4. The molecule has 0 spiro atoms. The molecular weight excluding hydrogens is 308 g/mol. The van der Waals surface area contributed by atoms with Gasteiger partial charge in [-0.1, -0.05) is 12.2 Å². The van der Waals surface area contributed by atoms with Crippen molar-refractivity contribution < 1.29 is 18.7 Å². The number of rotatable bonds is 5. The number of cyclic esters (lactones) is 1. The molecule has 24 heavy (non-hydrogen) atoms. The fraction of sp³-hybridized carbons (Fsp3) is 0.263. The summed E-state index contributed by atoms with van der Waals surface area (Å²) in [6.07, 6.45) is 3.06. The van der Waals surface area contributed by atoms with Gasteiger partial charge in [0, 0.05) is 35.9 Å². The Hall–Kier alpha value is -2.82. The molecule has 3 rings (SSSR count). The smallest absolute Gasteiger partial charge is 0.336 e. The van der Waals surface area contributed by atoms with Crippen molar-refractivity contribution in [3.63, 3.8) is 0 Å². The summed E-state index contributed by atoms with van der Waals surface area (Å²) >= 11 is 0. The van der Waals surface area contributed by atoms with Gasteiger partial charge in [-0.05, 0) is 31.2 Å². The highest BCUT2D eigenvalue weighted by Crippen LogP contribution is 2.24. The van der Waals surface area contributed by atoms with E-state index in [-0.39, 0.29) is 17.7 Å². The van der Waals surface area contributed by atoms with Crippen LogP contribution in [0.5, 0.6) is 5.75 Å². The maximum absolute atomic E-state index is 11.3. The Labute approximate surface area is 139 Å². The van der Waals surface area contributed by atoms with E-state index in [4.69, 9.17) is 13.9 Å². The van der Waals surface area contributed by atoms with Gasteiger partial charge >= 0.3 is 11.6 Å². The Balaban J connectivity index is 1.58. The van der Waals surface area contributed by atoms with E-state index in [2.05, 4.69) is 6.58 Å². The van der Waals surface area contributed by atoms with Crippen molar-refractivity contribution in [2.45, 2.75) is 25.9 Å². The lowest BCUT2D eigenvalue weighted by atomic mass is 10.1. The number of hydrogen-bond donors (Lipinski definition) is 0. The number of esters is 1. The summed E-state index contributed by atoms with van der Waals surface area (Å²) in [6.45, 7) is 6.03. The molecule has 0 amide bonds. The van der Waals surface area contributed by atoms with Crippen molar-refractivity contribution in [2.24, 2.45) is 0 Å². The second-order valence-corrected chi connectivity index (χ2v) is 5.85. The number of carbonyl (C=O) groups excluding carboxylic acids is 1. The fourth-order valence-corrected chi connectivity index (χ4v) is 2.60. The van der Waals surface area contributed by atoms with Crippen molar-refractivity contribution in [3.05, 3.63) is 64.6 Å². The molecule has 1 aliphatic heterocycles. The standard InChI is InChI=1S/C19H18O5/c1-12(9-16-10-13(2)19(21)23-16)7-8-22-15-5-3-14-4-6-18(20)24-17(14)11-15/h3-7,11,16H,2,8-10H2,1H3. The largest absolute Gasteiger partial charge is 0.489 e. The Bertz CT molecular complexity index is 859. The van der Waals surface area contributed by atoms with E-state index in [1.807, 2.05) is 25.1 Å². The van der Waals surface area contributed by atoms with Crippen molar-refractivity contribution >= 4 is 16.9 Å². The Kier molecular flexibility index (Phi) is 4.51. The molecule has 1 aliphatic rings. The highest BCUT2D eigenvalue weighted by atomic mass is 16.5. The van der Waals surface area contributed by atoms with Gasteiger partial charge in [0.05, 0.1) is 0 Å². The molecular formula is C19H18O5. The van der Waals surface area contributed by atoms with Crippen molar-refractivity contribution in [2.75, 3.05) is 6.61 Å². The molecule has 0 radical (unpaired) electrons. The highest BCUT2D eigenvalue weighted by Gasteiger charge is 2.26. The van der Waals surface area contributed by atoms with Gasteiger partial charge in [0.25, 0.3) is 0 Å². The lowest BCUT2D eigenvalue weighted by molar-refractivity contribution is -0.138. The first kappa shape index (κ1) is 16.1. The third-order valence-electron chi connectivity index (χ3n) is 3.86. The van der Waals surface area contributed by atoms with E-state index < -0.39 is 0 Å². The van der Waals surface area contributed by atoms with Gasteiger partial charge in [-0.15, -0.1) is 0 Å². The van der Waals surface area contributed by atoms with Crippen LogP contribution in [0.1, 0.15) is 19.8 Å². The molecule has 124 valence electrons. The summed E-state index contributed by atoms with van der Waals surface area (Å²) in [6, 6.07) is 8.47. The average Bonchev–Trinajstić information content (AvgIpc) is 2.84. The summed E-state index contributed by atoms with van der Waals surface area (Å²) in [4.78, 5) is 22.5. The summed E-state index contributed by atoms with van der Waals surface area (Å²) < 4.78 is 16.0. The Morgan fingerprint density at radius 2 is 2.12 bits per heavy atom. The maximum atomic E-state index is 11.3. The number of ether oxygens (including phenoxy) is 2. The SMILES string of the molecule is C=C1CC(CC(C)=CCOc2ccc3ccc(=O)oc3c2)OC1=O. The third kappa shape index (κ3) is 3.74. The van der Waals surface area contributed by atoms with Gasteiger partial charge in [-0.2, -0.15) is 0 Å². The molecule has 5 nitrogen and oxygen atoms in total. The zero-order chi connectivity index (χ0) is 17.1. The Morgan fingerprint density at radius 3 is 2.88 bits per heavy atom. The monoisotopic (exact) mass is 326 g/mol. The quantitative estimate of drug-likeness (QED) is 0.365. The van der Waals surface area contributed by atoms with Crippen LogP contribution in [0.4, 0.5) is 0 Å². The first-order valence-electron chi connectivity index (χ1n) is 7.72. The minimum absolute atomic E-state index is 0.129. The normalized spacial score (nSPS) is 18.0. The lowest BCUT2D eigenvalue weighted by Gasteiger charge is -2.09. The van der Waals surface area contributed by atoms with Crippen molar-refractivity contribution in [3.8, 4) is 5.75 Å². The average molecular weight is 326 g/mol. The predicted molar refractivity (Wildman–Crippen MR) is 90.0 cm³/mol. The summed E-state index contributed by atoms with van der Waals surface area (Å²) in [5.41, 5.74) is 1.72. The van der Waals surface area contributed by atoms with Crippen LogP contribution in [0, 0.1) is 0 Å². The van der Waals surface area contributed by atoms with Crippen LogP contribution in [0.2, 0.25) is 0 Å². The molecule has 1 saturated heterocycles. The van der Waals surface area contributed by atoms with Gasteiger partial charge in [0.2, 0.25) is 0 Å². The first-order valence-corrected chi connectivity index (χ1v) is 7.72. The first-order chi connectivity index (χ1) is 11.5. The number of benzene rings is 1. The summed E-state index contributed by atoms with van der Waals surface area (Å²) in [5, 5.41) is 0.844. The highest BCUT2D eigenvalue weighted by molar-refractivity contribution is 5.89. The van der Waals surface area contributed by atoms with Crippen LogP contribution >= 0.6 is 0 Å². The summed E-state index contributed by atoms with van der Waals surface area (Å²) in [7, 11) is 0. The van der Waals surface area contributed by atoms with Crippen LogP contribution in [0.3, 0.4) is 0 Å². The molecule has 1 aromatic carbocycles. The number of fused-ring (bicyclic) bond motifs is 1. The summed E-state index contributed by atoms with van der Waals surface area (Å²) in [5.74, 6) is 0.322. The minimum Gasteiger partial charge on any atom is -0.489 e. The molecule has 2 heterocycles. The fourth-order valence-electron chi connectivity index (χ4n) is 2.60. The minimum atomic E-state index is -0.386. The van der Waals surface area contributed by atoms with E-state index in [1.54, 1.807) is 12.1 Å². The molecule has 0 saturated carbocycles. The van der Waals surface area contributed by atoms with Crippen LogP contribution in [-0.2, 0) is 9.53 Å². The van der Waals surface area contributed by atoms with Gasteiger partial charge < -0.3 is 13.9 Å². The molecule has 1 fully saturated rings. The van der Waals surface area contributed by atoms with Gasteiger partial charge in [-0.3, -0.25) is 0 Å². The molecule has 5 heteroatoms. The third-order valence-corrected chi connectivity index (χ3v) is 3.86. The Morgan fingerprint density at radius 1 is 1.33 bits per heavy atom. The second kappa shape index (κ2) is 6.74. The van der Waals surface area contributed by atoms with Gasteiger partial charge in [0.15, 0.2) is 0 Å². The van der Waals surface area contributed by atoms with Crippen molar-refractivity contribution in [1.82, 2.24) is 0 Å². The van der Waals surface area contributed by atoms with Crippen LogP contribution in [-0.4, -0.2) is 18.7 Å². The van der Waals surface area contributed by atoms with Crippen LogP contribution in [0.25, 0.3) is 11.0 Å². The van der Waals surface area contributed by atoms with Crippen LogP contribution < -0.4 is 10.4 Å². The molecule has 1 atom stereocenters. The van der Waals surface area contributed by atoms with Gasteiger partial charge in [0.1, 0.15) is 24.0 Å². The molecule has 0 aliphatic carbocycles. The maximum Gasteiger partial charge on any atom is 0.336 e. The number of carbonyl (C=O) groups is 1. The topological polar surface area (TPSA) is 65.7 Å². The second-order valence-electron chi connectivity index (χ2n) is 5.85. The van der Waals surface area contributed by atoms with E-state index in [1.165, 1.54) is 6.07 Å². The predicted octanol–water partition coefficient (Wildman–Crippen LogP) is 3.38. The van der Waals surface area contributed by atoms with Crippen molar-refractivity contribution in [1.29, 1.82) is 0 Å². The van der Waals surface area contributed by atoms with Crippen LogP contribution in [0.15, 0.2) is 63.3 Å². The molecule has 0 bridgehead atoms. The molecule has 1 aromatic heterocycles. The molecule has 0 N–H and O–H groups in total. The zero-order valence-electron chi connectivity index (χ0n) is 13.4. The van der Waals surface area contributed by atoms with E-state index in [9.17, 15) is 9.59 Å². The molecule has 2 aromatic rings. The molecule has 1 unspecified atom stereocenters. The van der Waals surface area contributed by atoms with E-state index in [0.717, 1.165) is 11.0 Å². The lowest BCUT2D eigenvalue weighted by Crippen LogP contribution is -2.07.